The van der Waals surface area contributed by atoms with E-state index in [4.69, 9.17) is 5.11 Å². The van der Waals surface area contributed by atoms with Crippen LogP contribution in [0.25, 0.3) is 0 Å². The van der Waals surface area contributed by atoms with E-state index in [1.807, 2.05) is 13.8 Å². The predicted molar refractivity (Wildman–Crippen MR) is 67.1 cm³/mol. The van der Waals surface area contributed by atoms with E-state index in [0.29, 0.717) is 6.42 Å². The van der Waals surface area contributed by atoms with Crippen LogP contribution in [0, 0.1) is 5.92 Å². The van der Waals surface area contributed by atoms with E-state index in [1.54, 1.807) is 0 Å². The molecule has 1 rings (SSSR count). The Morgan fingerprint density at radius 3 is 2.50 bits per heavy atom. The summed E-state index contributed by atoms with van der Waals surface area (Å²) in [5.41, 5.74) is 0.113. The number of carbonyl (C=O) groups is 2. The molecule has 0 radical (unpaired) electrons. The molecule has 1 atom stereocenters. The Labute approximate surface area is 106 Å². The third-order valence-corrected chi connectivity index (χ3v) is 2.11. The van der Waals surface area contributed by atoms with Crippen LogP contribution in [0.3, 0.4) is 0 Å². The maximum atomic E-state index is 11.7. The van der Waals surface area contributed by atoms with Crippen molar-refractivity contribution in [3.63, 3.8) is 0 Å². The van der Waals surface area contributed by atoms with Gasteiger partial charge in [0.2, 0.25) is 0 Å². The van der Waals surface area contributed by atoms with Gasteiger partial charge in [-0.05, 0) is 12.3 Å². The molecule has 1 aromatic rings. The summed E-state index contributed by atoms with van der Waals surface area (Å²) in [4.78, 5) is 30.2. The molecule has 100 valence electrons. The first-order valence-electron chi connectivity index (χ1n) is 5.30. The van der Waals surface area contributed by atoms with Gasteiger partial charge in [-0.2, -0.15) is 0 Å². The van der Waals surface area contributed by atoms with Crippen molar-refractivity contribution in [2.24, 2.45) is 5.92 Å². The molecule has 0 saturated heterocycles. The van der Waals surface area contributed by atoms with E-state index in [2.05, 4.69) is 15.3 Å². The van der Waals surface area contributed by atoms with Crippen molar-refractivity contribution < 1.29 is 14.7 Å². The molecule has 0 aliphatic carbocycles. The zero-order chi connectivity index (χ0) is 12.8. The van der Waals surface area contributed by atoms with E-state index in [9.17, 15) is 9.59 Å². The highest BCUT2D eigenvalue weighted by Crippen LogP contribution is 2.05. The molecule has 0 unspecified atom stereocenters. The first-order chi connectivity index (χ1) is 8.00. The summed E-state index contributed by atoms with van der Waals surface area (Å²) in [6.45, 7) is 3.79. The molecule has 0 aliphatic rings. The zero-order valence-corrected chi connectivity index (χ0v) is 9.75. The molecule has 6 nitrogen and oxygen atoms in total. The molecule has 0 aromatic carbocycles. The molecule has 1 heterocycles. The lowest BCUT2D eigenvalue weighted by Crippen LogP contribution is -2.41. The Morgan fingerprint density at radius 1 is 1.39 bits per heavy atom. The Bertz CT molecular complexity index is 393. The van der Waals surface area contributed by atoms with Crippen molar-refractivity contribution in [1.29, 1.82) is 0 Å². The van der Waals surface area contributed by atoms with Gasteiger partial charge in [-0.3, -0.25) is 9.78 Å². The molecule has 1 amide bonds. The fourth-order valence-electron chi connectivity index (χ4n) is 1.34. The van der Waals surface area contributed by atoms with Crippen molar-refractivity contribution in [2.45, 2.75) is 33.7 Å². The molecular weight excluding hydrogens is 234 g/mol. The summed E-state index contributed by atoms with van der Waals surface area (Å²) in [7, 11) is 0. The summed E-state index contributed by atoms with van der Waals surface area (Å²) in [5.74, 6) is -1.39. The topological polar surface area (TPSA) is 92.2 Å². The van der Waals surface area contributed by atoms with E-state index in [-0.39, 0.29) is 19.0 Å². The monoisotopic (exact) mass is 253 g/mol. The number of amides is 1. The Kier molecular flexibility index (Phi) is 6.56. The summed E-state index contributed by atoms with van der Waals surface area (Å²) in [6, 6.07) is -0.899. The Morgan fingerprint density at radius 2 is 2.06 bits per heavy atom. The number of rotatable bonds is 5. The second kappa shape index (κ2) is 7.37. The molecule has 0 fully saturated rings. The molecule has 0 aliphatic heterocycles. The standard InChI is InChI=1S/C11H15N3O3.CH4/c1-7(2)5-8(11(16)17)14-10(15)9-6-12-3-4-13-9;/h3-4,6-8H,5H2,1-2H3,(H,14,15)(H,16,17);1H4/t8-;/m0./s1. The van der Waals surface area contributed by atoms with Gasteiger partial charge in [0.25, 0.3) is 5.91 Å². The first kappa shape index (κ1) is 16.0. The van der Waals surface area contributed by atoms with Gasteiger partial charge in [-0.25, -0.2) is 9.78 Å². The molecule has 6 heteroatoms. The van der Waals surface area contributed by atoms with Crippen molar-refractivity contribution in [3.8, 4) is 0 Å². The lowest BCUT2D eigenvalue weighted by Gasteiger charge is -2.15. The van der Waals surface area contributed by atoms with Crippen molar-refractivity contribution in [1.82, 2.24) is 15.3 Å². The molecular formula is C12H19N3O3. The first-order valence-corrected chi connectivity index (χ1v) is 5.30. The molecule has 2 N–H and O–H groups in total. The summed E-state index contributed by atoms with van der Waals surface area (Å²) >= 11 is 0. The molecule has 18 heavy (non-hydrogen) atoms. The average molecular weight is 253 g/mol. The smallest absolute Gasteiger partial charge is 0.326 e. The van der Waals surface area contributed by atoms with Crippen LogP contribution >= 0.6 is 0 Å². The maximum absolute atomic E-state index is 11.7. The van der Waals surface area contributed by atoms with Crippen LogP contribution in [0.2, 0.25) is 0 Å². The second-order valence-electron chi connectivity index (χ2n) is 4.08. The van der Waals surface area contributed by atoms with E-state index in [1.165, 1.54) is 18.6 Å². The van der Waals surface area contributed by atoms with Gasteiger partial charge in [0.05, 0.1) is 6.20 Å². The number of carboxylic acid groups (broad SMARTS) is 1. The predicted octanol–water partition coefficient (Wildman–Crippen LogP) is 1.34. The Balaban J connectivity index is 0.00000289. The van der Waals surface area contributed by atoms with Crippen molar-refractivity contribution in [2.75, 3.05) is 0 Å². The fraction of sp³-hybridized carbons (Fsp3) is 0.500. The second-order valence-corrected chi connectivity index (χ2v) is 4.08. The number of hydrogen-bond acceptors (Lipinski definition) is 4. The van der Waals surface area contributed by atoms with Gasteiger partial charge in [-0.1, -0.05) is 21.3 Å². The normalized spacial score (nSPS) is 11.5. The van der Waals surface area contributed by atoms with Crippen LogP contribution in [0.5, 0.6) is 0 Å². The van der Waals surface area contributed by atoms with Crippen molar-refractivity contribution >= 4 is 11.9 Å². The Hall–Kier alpha value is -1.98. The van der Waals surface area contributed by atoms with E-state index >= 15 is 0 Å². The fourth-order valence-corrected chi connectivity index (χ4v) is 1.34. The van der Waals surface area contributed by atoms with Crippen LogP contribution < -0.4 is 5.32 Å². The minimum absolute atomic E-state index is 0. The molecule has 0 saturated carbocycles. The quantitative estimate of drug-likeness (QED) is 0.826. The van der Waals surface area contributed by atoms with Crippen LogP contribution in [0.4, 0.5) is 0 Å². The molecule has 0 bridgehead atoms. The zero-order valence-electron chi connectivity index (χ0n) is 9.75. The number of carboxylic acids is 1. The number of carbonyl (C=O) groups excluding carboxylic acids is 1. The molecule has 1 aromatic heterocycles. The third kappa shape index (κ3) is 4.90. The average Bonchev–Trinajstić information content (AvgIpc) is 2.28. The third-order valence-electron chi connectivity index (χ3n) is 2.11. The highest BCUT2D eigenvalue weighted by molar-refractivity contribution is 5.94. The van der Waals surface area contributed by atoms with Gasteiger partial charge in [0.1, 0.15) is 11.7 Å². The van der Waals surface area contributed by atoms with E-state index < -0.39 is 17.9 Å². The van der Waals surface area contributed by atoms with Crippen LogP contribution in [-0.4, -0.2) is 33.0 Å². The lowest BCUT2D eigenvalue weighted by molar-refractivity contribution is -0.139. The van der Waals surface area contributed by atoms with Gasteiger partial charge >= 0.3 is 5.97 Å². The summed E-state index contributed by atoms with van der Waals surface area (Å²) < 4.78 is 0. The molecule has 0 spiro atoms. The summed E-state index contributed by atoms with van der Waals surface area (Å²) in [6.07, 6.45) is 4.50. The number of nitrogens with zero attached hydrogens (tertiary/aromatic N) is 2. The SMILES string of the molecule is C.CC(C)C[C@H](NC(=O)c1cnccn1)C(=O)O. The number of nitrogens with one attached hydrogen (secondary N) is 1. The van der Waals surface area contributed by atoms with Crippen LogP contribution in [0.15, 0.2) is 18.6 Å². The largest absolute Gasteiger partial charge is 0.480 e. The van der Waals surface area contributed by atoms with Gasteiger partial charge in [0.15, 0.2) is 0 Å². The lowest BCUT2D eigenvalue weighted by atomic mass is 10.0. The minimum atomic E-state index is -1.05. The minimum Gasteiger partial charge on any atom is -0.480 e. The number of aromatic nitrogens is 2. The van der Waals surface area contributed by atoms with Gasteiger partial charge in [-0.15, -0.1) is 0 Å². The number of hydrogen-bond donors (Lipinski definition) is 2. The van der Waals surface area contributed by atoms with Crippen molar-refractivity contribution in [3.05, 3.63) is 24.3 Å². The highest BCUT2D eigenvalue weighted by Gasteiger charge is 2.22. The number of aliphatic carboxylic acids is 1. The maximum Gasteiger partial charge on any atom is 0.326 e. The van der Waals surface area contributed by atoms with Gasteiger partial charge < -0.3 is 10.4 Å². The van der Waals surface area contributed by atoms with Gasteiger partial charge in [0, 0.05) is 12.4 Å². The highest BCUT2D eigenvalue weighted by atomic mass is 16.4. The van der Waals surface area contributed by atoms with E-state index in [0.717, 1.165) is 0 Å². The van der Waals surface area contributed by atoms with Crippen LogP contribution in [-0.2, 0) is 4.79 Å². The van der Waals surface area contributed by atoms with Crippen LogP contribution in [0.1, 0.15) is 38.2 Å². The summed E-state index contributed by atoms with van der Waals surface area (Å²) in [5, 5.41) is 11.4.